The molecular formula is C5H12N4OS. The first-order valence-corrected chi connectivity index (χ1v) is 3.47. The summed E-state index contributed by atoms with van der Waals surface area (Å²) in [5.74, 6) is -0.0462. The van der Waals surface area contributed by atoms with E-state index in [1.54, 1.807) is 0 Å². The Morgan fingerprint density at radius 2 is 2.09 bits per heavy atom. The Labute approximate surface area is 70.8 Å². The summed E-state index contributed by atoms with van der Waals surface area (Å²) in [6.45, 7) is 1.14. The van der Waals surface area contributed by atoms with Gasteiger partial charge in [-0.2, -0.15) is 0 Å². The molecule has 0 heterocycles. The lowest BCUT2D eigenvalue weighted by atomic mass is 10.6. The maximum atomic E-state index is 6.80. The molecule has 11 heavy (non-hydrogen) atoms. The molecular weight excluding hydrogens is 164 g/mol. The molecule has 0 bridgehead atoms. The minimum Gasteiger partial charge on any atom is -0.474 e. The summed E-state index contributed by atoms with van der Waals surface area (Å²) >= 11 is 4.69. The van der Waals surface area contributed by atoms with E-state index in [4.69, 9.17) is 11.1 Å². The van der Waals surface area contributed by atoms with Gasteiger partial charge in [0.2, 0.25) is 0 Å². The van der Waals surface area contributed by atoms with Gasteiger partial charge in [0, 0.05) is 13.1 Å². The number of nitrogens with two attached hydrogens (primary N) is 1. The Kier molecular flexibility index (Phi) is 5.18. The fourth-order valence-corrected chi connectivity index (χ4v) is 0.536. The predicted molar refractivity (Wildman–Crippen MR) is 47.5 cm³/mol. The highest BCUT2D eigenvalue weighted by Crippen LogP contribution is 1.69. The van der Waals surface area contributed by atoms with Gasteiger partial charge in [-0.15, -0.1) is 0 Å². The van der Waals surface area contributed by atoms with Crippen molar-refractivity contribution in [3.8, 4) is 0 Å². The van der Waals surface area contributed by atoms with Crippen molar-refractivity contribution in [1.29, 1.82) is 5.41 Å². The fourth-order valence-electron chi connectivity index (χ4n) is 0.434. The molecule has 0 saturated heterocycles. The quantitative estimate of drug-likeness (QED) is 0.192. The summed E-state index contributed by atoms with van der Waals surface area (Å²) < 4.78 is 4.66. The Bertz CT molecular complexity index is 149. The van der Waals surface area contributed by atoms with Crippen LogP contribution in [0.25, 0.3) is 0 Å². The molecule has 5 nitrogen and oxygen atoms in total. The van der Waals surface area contributed by atoms with Crippen molar-refractivity contribution in [2.24, 2.45) is 5.73 Å². The molecule has 5 N–H and O–H groups in total. The van der Waals surface area contributed by atoms with Crippen LogP contribution in [0.5, 0.6) is 0 Å². The molecule has 0 aromatic heterocycles. The molecule has 0 aromatic carbocycles. The van der Waals surface area contributed by atoms with Crippen molar-refractivity contribution in [2.45, 2.75) is 0 Å². The number of guanidine groups is 1. The second kappa shape index (κ2) is 5.72. The van der Waals surface area contributed by atoms with Crippen molar-refractivity contribution in [3.63, 3.8) is 0 Å². The van der Waals surface area contributed by atoms with Gasteiger partial charge < -0.3 is 21.1 Å². The van der Waals surface area contributed by atoms with Gasteiger partial charge in [0.15, 0.2) is 5.96 Å². The molecule has 0 atom stereocenters. The molecule has 0 rings (SSSR count). The zero-order chi connectivity index (χ0) is 8.69. The lowest BCUT2D eigenvalue weighted by molar-refractivity contribution is 0.393. The molecule has 0 fully saturated rings. The fraction of sp³-hybridized carbons (Fsp3) is 0.600. The molecule has 0 aliphatic heterocycles. The summed E-state index contributed by atoms with van der Waals surface area (Å²) in [7, 11) is 1.49. The molecule has 0 radical (unpaired) electrons. The Morgan fingerprint density at radius 1 is 1.55 bits per heavy atom. The number of hydrogen-bond acceptors (Lipinski definition) is 3. The van der Waals surface area contributed by atoms with Crippen LogP contribution in [0.15, 0.2) is 0 Å². The van der Waals surface area contributed by atoms with Crippen LogP contribution < -0.4 is 16.4 Å². The van der Waals surface area contributed by atoms with Gasteiger partial charge in [0.1, 0.15) is 0 Å². The molecule has 6 heteroatoms. The number of nitrogens with one attached hydrogen (secondary N) is 3. The lowest BCUT2D eigenvalue weighted by Gasteiger charge is -2.06. The molecule has 64 valence electrons. The van der Waals surface area contributed by atoms with E-state index in [9.17, 15) is 0 Å². The third kappa shape index (κ3) is 6.85. The first-order chi connectivity index (χ1) is 5.16. The van der Waals surface area contributed by atoms with Crippen LogP contribution in [0.3, 0.4) is 0 Å². The topological polar surface area (TPSA) is 83.2 Å². The standard InChI is InChI=1S/C5H12N4OS/c1-10-5(11)9-3-2-8-4(6)7/h2-3H2,1H3,(H,9,11)(H4,6,7,8). The van der Waals surface area contributed by atoms with E-state index in [0.717, 1.165) is 0 Å². The van der Waals surface area contributed by atoms with E-state index in [1.807, 2.05) is 0 Å². The van der Waals surface area contributed by atoms with Crippen LogP contribution in [-0.2, 0) is 4.74 Å². The number of thiocarbonyl (C=S) groups is 1. The second-order valence-corrected chi connectivity index (χ2v) is 2.13. The highest BCUT2D eigenvalue weighted by atomic mass is 32.1. The summed E-state index contributed by atoms with van der Waals surface area (Å²) in [5, 5.41) is 12.5. The van der Waals surface area contributed by atoms with Crippen LogP contribution in [0.2, 0.25) is 0 Å². The Morgan fingerprint density at radius 3 is 2.55 bits per heavy atom. The highest BCUT2D eigenvalue weighted by molar-refractivity contribution is 7.80. The zero-order valence-corrected chi connectivity index (χ0v) is 7.12. The molecule has 0 aliphatic rings. The molecule has 0 spiro atoms. The average Bonchev–Trinajstić information content (AvgIpc) is 1.97. The summed E-state index contributed by atoms with van der Waals surface area (Å²) in [5.41, 5.74) is 5.02. The molecule has 0 aromatic rings. The highest BCUT2D eigenvalue weighted by Gasteiger charge is 1.91. The SMILES string of the molecule is COC(=S)NCCNC(=N)N. The number of rotatable bonds is 3. The van der Waals surface area contributed by atoms with Gasteiger partial charge in [0.05, 0.1) is 7.11 Å². The number of hydrogen-bond donors (Lipinski definition) is 4. The largest absolute Gasteiger partial charge is 0.474 e. The van der Waals surface area contributed by atoms with Crippen LogP contribution >= 0.6 is 12.2 Å². The van der Waals surface area contributed by atoms with E-state index < -0.39 is 0 Å². The van der Waals surface area contributed by atoms with Gasteiger partial charge in [-0.25, -0.2) is 0 Å². The normalized spacial score (nSPS) is 8.45. The number of ether oxygens (including phenoxy) is 1. The minimum absolute atomic E-state index is 0.0462. The van der Waals surface area contributed by atoms with Crippen molar-refractivity contribution in [1.82, 2.24) is 10.6 Å². The van der Waals surface area contributed by atoms with Gasteiger partial charge in [0.25, 0.3) is 5.17 Å². The summed E-state index contributed by atoms with van der Waals surface area (Å²) in [4.78, 5) is 0. The maximum Gasteiger partial charge on any atom is 0.256 e. The van der Waals surface area contributed by atoms with E-state index >= 15 is 0 Å². The van der Waals surface area contributed by atoms with E-state index in [2.05, 4.69) is 27.6 Å². The lowest BCUT2D eigenvalue weighted by Crippen LogP contribution is -2.37. The second-order valence-electron chi connectivity index (χ2n) is 1.76. The van der Waals surface area contributed by atoms with Gasteiger partial charge in [-0.1, -0.05) is 0 Å². The van der Waals surface area contributed by atoms with Crippen molar-refractivity contribution in [2.75, 3.05) is 20.2 Å². The number of methoxy groups -OCH3 is 1. The average molecular weight is 176 g/mol. The van der Waals surface area contributed by atoms with Crippen LogP contribution in [0.4, 0.5) is 0 Å². The monoisotopic (exact) mass is 176 g/mol. The first-order valence-electron chi connectivity index (χ1n) is 3.06. The summed E-state index contributed by atoms with van der Waals surface area (Å²) in [6, 6.07) is 0. The van der Waals surface area contributed by atoms with Crippen LogP contribution in [-0.4, -0.2) is 31.3 Å². The van der Waals surface area contributed by atoms with Crippen molar-refractivity contribution < 1.29 is 4.74 Å². The summed E-state index contributed by atoms with van der Waals surface area (Å²) in [6.07, 6.45) is 0. The van der Waals surface area contributed by atoms with Gasteiger partial charge >= 0.3 is 0 Å². The van der Waals surface area contributed by atoms with E-state index in [1.165, 1.54) is 7.11 Å². The Hall–Kier alpha value is -1.04. The zero-order valence-electron chi connectivity index (χ0n) is 6.31. The minimum atomic E-state index is -0.0462. The van der Waals surface area contributed by atoms with Crippen molar-refractivity contribution in [3.05, 3.63) is 0 Å². The van der Waals surface area contributed by atoms with Crippen LogP contribution in [0, 0.1) is 5.41 Å². The Balaban J connectivity index is 3.14. The third-order valence-electron chi connectivity index (χ3n) is 0.895. The van der Waals surface area contributed by atoms with E-state index in [0.29, 0.717) is 18.3 Å². The molecule has 0 aliphatic carbocycles. The van der Waals surface area contributed by atoms with Crippen molar-refractivity contribution >= 4 is 23.4 Å². The molecule has 0 saturated carbocycles. The van der Waals surface area contributed by atoms with Gasteiger partial charge in [-0.05, 0) is 12.2 Å². The maximum absolute atomic E-state index is 6.80. The predicted octanol–water partition coefficient (Wildman–Crippen LogP) is -1.01. The molecule has 0 unspecified atom stereocenters. The van der Waals surface area contributed by atoms with E-state index in [-0.39, 0.29) is 5.96 Å². The third-order valence-corrected chi connectivity index (χ3v) is 1.21. The van der Waals surface area contributed by atoms with Gasteiger partial charge in [-0.3, -0.25) is 5.41 Å². The smallest absolute Gasteiger partial charge is 0.256 e. The van der Waals surface area contributed by atoms with Crippen LogP contribution in [0.1, 0.15) is 0 Å². The first kappa shape index (κ1) is 9.96. The molecule has 0 amide bonds.